The Hall–Kier alpha value is -4.10. The molecule has 0 aliphatic carbocycles. The Bertz CT molecular complexity index is 1240. The first kappa shape index (κ1) is 24.0. The van der Waals surface area contributed by atoms with Crippen LogP contribution in [0.5, 0.6) is 0 Å². The molecule has 0 saturated heterocycles. The number of benzene rings is 2. The fourth-order valence-electron chi connectivity index (χ4n) is 4.58. The number of aliphatic hydroxyl groups is 1. The minimum Gasteiger partial charge on any atom is -0.388 e. The first-order valence-corrected chi connectivity index (χ1v) is 11.6. The number of anilines is 1. The highest BCUT2D eigenvalue weighted by Gasteiger charge is 2.41. The molecule has 35 heavy (non-hydrogen) atoms. The van der Waals surface area contributed by atoms with E-state index in [0.29, 0.717) is 22.6 Å². The molecular formula is C28H28N4O3. The molecule has 1 N–H and O–H groups in total. The van der Waals surface area contributed by atoms with Crippen molar-refractivity contribution in [2.45, 2.75) is 38.0 Å². The van der Waals surface area contributed by atoms with Gasteiger partial charge in [-0.05, 0) is 43.7 Å². The monoisotopic (exact) mass is 468 g/mol. The fourth-order valence-corrected chi connectivity index (χ4v) is 4.58. The summed E-state index contributed by atoms with van der Waals surface area (Å²) in [5, 5.41) is 24.0. The van der Waals surface area contributed by atoms with Gasteiger partial charge in [0.1, 0.15) is 5.82 Å². The van der Waals surface area contributed by atoms with Gasteiger partial charge in [-0.25, -0.2) is 4.98 Å². The summed E-state index contributed by atoms with van der Waals surface area (Å²) in [6, 6.07) is 26.4. The largest absolute Gasteiger partial charge is 0.388 e. The Morgan fingerprint density at radius 1 is 0.829 bits per heavy atom. The standard InChI is InChI=1S/C28H28N4O3/c1-20(2)31(25-17-9-11-19-30-25)27(22-14-6-7-16-24(22)32(34)35)26(23-15-8-10-18-29-23)28(33)21-12-4-3-5-13-21/h3-20,26-28,33H,1-2H3/t26-,27+,28+/m1/s1. The smallest absolute Gasteiger partial charge is 0.274 e. The molecule has 0 unspecified atom stereocenters. The lowest BCUT2D eigenvalue weighted by Gasteiger charge is -2.42. The Balaban J connectivity index is 2.01. The highest BCUT2D eigenvalue weighted by atomic mass is 16.6. The van der Waals surface area contributed by atoms with Crippen LogP contribution in [0.3, 0.4) is 0 Å². The van der Waals surface area contributed by atoms with Crippen LogP contribution in [0, 0.1) is 10.1 Å². The summed E-state index contributed by atoms with van der Waals surface area (Å²) >= 11 is 0. The zero-order chi connectivity index (χ0) is 24.8. The van der Waals surface area contributed by atoms with Crippen molar-refractivity contribution in [3.8, 4) is 0 Å². The highest BCUT2D eigenvalue weighted by molar-refractivity contribution is 5.52. The third kappa shape index (κ3) is 5.20. The molecule has 2 aromatic heterocycles. The molecule has 0 saturated carbocycles. The molecule has 0 radical (unpaired) electrons. The van der Waals surface area contributed by atoms with E-state index in [0.717, 1.165) is 0 Å². The fraction of sp³-hybridized carbons (Fsp3) is 0.214. The van der Waals surface area contributed by atoms with Crippen LogP contribution in [0.2, 0.25) is 0 Å². The third-order valence-corrected chi connectivity index (χ3v) is 6.07. The molecule has 178 valence electrons. The van der Waals surface area contributed by atoms with Crippen molar-refractivity contribution in [2.75, 3.05) is 4.90 Å². The summed E-state index contributed by atoms with van der Waals surface area (Å²) in [5.41, 5.74) is 1.81. The van der Waals surface area contributed by atoms with Crippen LogP contribution in [-0.4, -0.2) is 26.0 Å². The maximum absolute atomic E-state index is 12.1. The second-order valence-electron chi connectivity index (χ2n) is 8.59. The Morgan fingerprint density at radius 3 is 2.06 bits per heavy atom. The van der Waals surface area contributed by atoms with Crippen molar-refractivity contribution in [3.05, 3.63) is 130 Å². The molecule has 2 heterocycles. The second kappa shape index (κ2) is 10.9. The SMILES string of the molecule is CC(C)N(c1ccccn1)[C@@H](c1ccccc1[N+](=O)[O-])[C@@H](c1ccccn1)[C@@H](O)c1ccccc1. The Kier molecular flexibility index (Phi) is 7.48. The molecule has 3 atom stereocenters. The zero-order valence-corrected chi connectivity index (χ0v) is 19.7. The number of aliphatic hydroxyl groups excluding tert-OH is 1. The molecule has 0 fully saturated rings. The molecule has 0 spiro atoms. The second-order valence-corrected chi connectivity index (χ2v) is 8.59. The lowest BCUT2D eigenvalue weighted by atomic mass is 9.80. The Morgan fingerprint density at radius 2 is 1.46 bits per heavy atom. The molecule has 0 bridgehead atoms. The lowest BCUT2D eigenvalue weighted by molar-refractivity contribution is -0.385. The Labute approximate surface area is 204 Å². The average molecular weight is 469 g/mol. The summed E-state index contributed by atoms with van der Waals surface area (Å²) in [6.07, 6.45) is 2.39. The van der Waals surface area contributed by atoms with Crippen LogP contribution >= 0.6 is 0 Å². The van der Waals surface area contributed by atoms with Gasteiger partial charge in [-0.1, -0.05) is 60.7 Å². The maximum atomic E-state index is 12.1. The zero-order valence-electron chi connectivity index (χ0n) is 19.7. The van der Waals surface area contributed by atoms with E-state index in [9.17, 15) is 15.2 Å². The quantitative estimate of drug-likeness (QED) is 0.244. The molecule has 7 nitrogen and oxygen atoms in total. The van der Waals surface area contributed by atoms with Crippen molar-refractivity contribution in [2.24, 2.45) is 0 Å². The number of hydrogen-bond donors (Lipinski definition) is 1. The molecule has 7 heteroatoms. The first-order chi connectivity index (χ1) is 17.0. The molecule has 4 rings (SSSR count). The van der Waals surface area contributed by atoms with E-state index in [1.807, 2.05) is 85.5 Å². The number of nitrogens with zero attached hydrogens (tertiary/aromatic N) is 4. The van der Waals surface area contributed by atoms with Gasteiger partial charge in [-0.2, -0.15) is 0 Å². The van der Waals surface area contributed by atoms with Gasteiger partial charge in [-0.3, -0.25) is 15.1 Å². The average Bonchev–Trinajstić information content (AvgIpc) is 2.89. The van der Waals surface area contributed by atoms with Gasteiger partial charge < -0.3 is 10.0 Å². The van der Waals surface area contributed by atoms with Gasteiger partial charge in [0.2, 0.25) is 0 Å². The number of nitro benzene ring substituents is 1. The highest BCUT2D eigenvalue weighted by Crippen LogP contribution is 2.47. The van der Waals surface area contributed by atoms with Gasteiger partial charge in [0.25, 0.3) is 5.69 Å². The van der Waals surface area contributed by atoms with Crippen molar-refractivity contribution in [1.29, 1.82) is 0 Å². The number of aromatic nitrogens is 2. The minimum atomic E-state index is -0.985. The number of pyridine rings is 2. The predicted molar refractivity (Wildman–Crippen MR) is 136 cm³/mol. The van der Waals surface area contributed by atoms with Crippen LogP contribution in [0.1, 0.15) is 48.7 Å². The summed E-state index contributed by atoms with van der Waals surface area (Å²) < 4.78 is 0. The summed E-state index contributed by atoms with van der Waals surface area (Å²) in [5.74, 6) is 0.0240. The van der Waals surface area contributed by atoms with E-state index in [1.165, 1.54) is 6.07 Å². The van der Waals surface area contributed by atoms with E-state index >= 15 is 0 Å². The third-order valence-electron chi connectivity index (χ3n) is 6.07. The van der Waals surface area contributed by atoms with Crippen LogP contribution in [0.15, 0.2) is 103 Å². The molecule has 2 aromatic carbocycles. The van der Waals surface area contributed by atoms with E-state index < -0.39 is 18.1 Å². The van der Waals surface area contributed by atoms with E-state index in [-0.39, 0.29) is 16.7 Å². The van der Waals surface area contributed by atoms with Crippen molar-refractivity contribution >= 4 is 11.5 Å². The van der Waals surface area contributed by atoms with E-state index in [2.05, 4.69) is 9.97 Å². The molecule has 4 aromatic rings. The maximum Gasteiger partial charge on any atom is 0.274 e. The summed E-state index contributed by atoms with van der Waals surface area (Å²) in [4.78, 5) is 23.0. The number of nitro groups is 1. The van der Waals surface area contributed by atoms with Gasteiger partial charge in [0.15, 0.2) is 0 Å². The predicted octanol–water partition coefficient (Wildman–Crippen LogP) is 5.86. The van der Waals surface area contributed by atoms with Crippen molar-refractivity contribution < 1.29 is 10.0 Å². The summed E-state index contributed by atoms with van der Waals surface area (Å²) in [7, 11) is 0. The van der Waals surface area contributed by atoms with Crippen LogP contribution < -0.4 is 4.90 Å². The van der Waals surface area contributed by atoms with Crippen LogP contribution in [-0.2, 0) is 0 Å². The van der Waals surface area contributed by atoms with Gasteiger partial charge >= 0.3 is 0 Å². The number of rotatable bonds is 9. The summed E-state index contributed by atoms with van der Waals surface area (Å²) in [6.45, 7) is 4.03. The molecule has 0 aliphatic rings. The molecular weight excluding hydrogens is 440 g/mol. The van der Waals surface area contributed by atoms with Gasteiger partial charge in [0, 0.05) is 30.2 Å². The normalized spacial score (nSPS) is 13.7. The molecule has 0 aliphatic heterocycles. The number of hydrogen-bond acceptors (Lipinski definition) is 6. The van der Waals surface area contributed by atoms with Crippen molar-refractivity contribution in [1.82, 2.24) is 9.97 Å². The topological polar surface area (TPSA) is 92.4 Å². The van der Waals surface area contributed by atoms with E-state index in [1.54, 1.807) is 30.6 Å². The van der Waals surface area contributed by atoms with Gasteiger partial charge in [-0.15, -0.1) is 0 Å². The first-order valence-electron chi connectivity index (χ1n) is 11.6. The van der Waals surface area contributed by atoms with Gasteiger partial charge in [0.05, 0.1) is 28.6 Å². The van der Waals surface area contributed by atoms with Crippen LogP contribution in [0.25, 0.3) is 0 Å². The lowest BCUT2D eigenvalue weighted by Crippen LogP contribution is -2.41. The minimum absolute atomic E-state index is 0.0136. The van der Waals surface area contributed by atoms with Crippen LogP contribution in [0.4, 0.5) is 11.5 Å². The van der Waals surface area contributed by atoms with E-state index in [4.69, 9.17) is 0 Å². The number of para-hydroxylation sites is 1. The molecule has 0 amide bonds. The van der Waals surface area contributed by atoms with Crippen molar-refractivity contribution in [3.63, 3.8) is 0 Å².